The number of aliphatic carboxylic acids is 1. The Balaban J connectivity index is 1.60. The molecule has 3 fully saturated rings. The lowest BCUT2D eigenvalue weighted by Gasteiger charge is -2.33. The van der Waals surface area contributed by atoms with Crippen LogP contribution in [0.2, 0.25) is 0 Å². The third kappa shape index (κ3) is 2.49. The van der Waals surface area contributed by atoms with Crippen molar-refractivity contribution in [3.63, 3.8) is 0 Å². The molecule has 0 radical (unpaired) electrons. The van der Waals surface area contributed by atoms with E-state index in [4.69, 9.17) is 5.11 Å². The number of hydrogen-bond donors (Lipinski definition) is 2. The lowest BCUT2D eigenvalue weighted by molar-refractivity contribution is -0.141. The molecule has 3 heterocycles. The molecule has 6 nitrogen and oxygen atoms in total. The third-order valence-corrected chi connectivity index (χ3v) is 4.96. The third-order valence-electron chi connectivity index (χ3n) is 4.96. The van der Waals surface area contributed by atoms with E-state index in [0.29, 0.717) is 19.0 Å². The number of amides is 2. The van der Waals surface area contributed by atoms with Gasteiger partial charge in [-0.15, -0.1) is 0 Å². The van der Waals surface area contributed by atoms with E-state index < -0.39 is 12.0 Å². The summed E-state index contributed by atoms with van der Waals surface area (Å²) in [5, 5.41) is 12.2. The van der Waals surface area contributed by atoms with Crippen molar-refractivity contribution in [2.75, 3.05) is 19.6 Å². The predicted molar refractivity (Wildman–Crippen MR) is 73.5 cm³/mol. The zero-order valence-electron chi connectivity index (χ0n) is 11.8. The number of nitrogens with one attached hydrogen (secondary N) is 1. The summed E-state index contributed by atoms with van der Waals surface area (Å²) in [5.41, 5.74) is 0. The fourth-order valence-corrected chi connectivity index (χ4v) is 3.92. The van der Waals surface area contributed by atoms with Crippen LogP contribution < -0.4 is 5.32 Å². The Morgan fingerprint density at radius 2 is 1.85 bits per heavy atom. The van der Waals surface area contributed by atoms with E-state index in [1.165, 1.54) is 17.7 Å². The minimum absolute atomic E-state index is 0.188. The number of urea groups is 1. The molecule has 0 aromatic rings. The van der Waals surface area contributed by atoms with E-state index in [1.807, 2.05) is 0 Å². The lowest BCUT2D eigenvalue weighted by Crippen LogP contribution is -2.52. The van der Waals surface area contributed by atoms with E-state index in [0.717, 1.165) is 32.4 Å². The number of carboxylic acids is 1. The van der Waals surface area contributed by atoms with Gasteiger partial charge in [-0.2, -0.15) is 0 Å². The second kappa shape index (κ2) is 5.60. The Morgan fingerprint density at radius 3 is 2.65 bits per heavy atom. The fourth-order valence-electron chi connectivity index (χ4n) is 3.92. The van der Waals surface area contributed by atoms with Gasteiger partial charge in [-0.25, -0.2) is 9.59 Å². The van der Waals surface area contributed by atoms with Crippen LogP contribution in [0.3, 0.4) is 0 Å². The van der Waals surface area contributed by atoms with Gasteiger partial charge >= 0.3 is 12.0 Å². The van der Waals surface area contributed by atoms with Gasteiger partial charge in [-0.1, -0.05) is 6.42 Å². The summed E-state index contributed by atoms with van der Waals surface area (Å²) < 4.78 is 0. The van der Waals surface area contributed by atoms with Gasteiger partial charge < -0.3 is 15.3 Å². The second-order valence-electron chi connectivity index (χ2n) is 6.13. The van der Waals surface area contributed by atoms with Crippen LogP contribution in [0.15, 0.2) is 0 Å². The minimum atomic E-state index is -0.886. The van der Waals surface area contributed by atoms with E-state index in [1.54, 1.807) is 0 Å². The molecule has 0 aliphatic carbocycles. The summed E-state index contributed by atoms with van der Waals surface area (Å²) in [4.78, 5) is 27.4. The molecule has 3 aliphatic rings. The molecular weight excluding hydrogens is 258 g/mol. The molecule has 112 valence electrons. The number of rotatable bonds is 2. The average Bonchev–Trinajstić information content (AvgIpc) is 3.06. The highest BCUT2D eigenvalue weighted by molar-refractivity contribution is 5.83. The van der Waals surface area contributed by atoms with Crippen LogP contribution in [0.1, 0.15) is 38.5 Å². The maximum Gasteiger partial charge on any atom is 0.326 e. The Morgan fingerprint density at radius 1 is 1.00 bits per heavy atom. The minimum Gasteiger partial charge on any atom is -0.480 e. The van der Waals surface area contributed by atoms with Gasteiger partial charge in [0.2, 0.25) is 0 Å². The van der Waals surface area contributed by atoms with E-state index in [2.05, 4.69) is 10.2 Å². The van der Waals surface area contributed by atoms with Crippen molar-refractivity contribution in [2.24, 2.45) is 0 Å². The second-order valence-corrected chi connectivity index (χ2v) is 6.13. The van der Waals surface area contributed by atoms with Gasteiger partial charge in [0.25, 0.3) is 0 Å². The van der Waals surface area contributed by atoms with Gasteiger partial charge in [-0.3, -0.25) is 4.90 Å². The highest BCUT2D eigenvalue weighted by atomic mass is 16.4. The van der Waals surface area contributed by atoms with Crippen LogP contribution >= 0.6 is 0 Å². The van der Waals surface area contributed by atoms with Gasteiger partial charge in [0.1, 0.15) is 6.04 Å². The first-order chi connectivity index (χ1) is 9.66. The number of hydrogen-bond acceptors (Lipinski definition) is 3. The molecule has 0 aromatic heterocycles. The maximum atomic E-state index is 12.3. The SMILES string of the molecule is O=C(O)C1CCCN1C(=O)NC1CCN2CCCCC12. The van der Waals surface area contributed by atoms with Crippen molar-refractivity contribution in [1.29, 1.82) is 0 Å². The summed E-state index contributed by atoms with van der Waals surface area (Å²) in [6.45, 7) is 2.75. The van der Waals surface area contributed by atoms with Crippen LogP contribution in [0.4, 0.5) is 4.79 Å². The molecule has 3 atom stereocenters. The average molecular weight is 281 g/mol. The Hall–Kier alpha value is -1.30. The van der Waals surface area contributed by atoms with E-state index >= 15 is 0 Å². The lowest BCUT2D eigenvalue weighted by atomic mass is 9.99. The largest absolute Gasteiger partial charge is 0.480 e. The normalized spacial score (nSPS) is 34.0. The van der Waals surface area contributed by atoms with Crippen LogP contribution in [0.25, 0.3) is 0 Å². The Bertz CT molecular complexity index is 401. The Kier molecular flexibility index (Phi) is 3.83. The van der Waals surface area contributed by atoms with Gasteiger partial charge in [0, 0.05) is 25.2 Å². The highest BCUT2D eigenvalue weighted by Gasteiger charge is 2.39. The summed E-state index contributed by atoms with van der Waals surface area (Å²) in [6.07, 6.45) is 5.97. The summed E-state index contributed by atoms with van der Waals surface area (Å²) in [7, 11) is 0. The molecule has 3 aliphatic heterocycles. The molecule has 3 rings (SSSR count). The molecule has 20 heavy (non-hydrogen) atoms. The first kappa shape index (κ1) is 13.7. The molecule has 6 heteroatoms. The summed E-state index contributed by atoms with van der Waals surface area (Å²) in [6, 6.07) is -0.178. The van der Waals surface area contributed by atoms with Gasteiger partial charge in [0.05, 0.1) is 0 Å². The Labute approximate surface area is 119 Å². The van der Waals surface area contributed by atoms with E-state index in [9.17, 15) is 9.59 Å². The number of piperidine rings is 1. The van der Waals surface area contributed by atoms with Gasteiger partial charge in [0.15, 0.2) is 0 Å². The first-order valence-corrected chi connectivity index (χ1v) is 7.71. The number of fused-ring (bicyclic) bond motifs is 1. The van der Waals surface area contributed by atoms with Crippen molar-refractivity contribution in [3.8, 4) is 0 Å². The monoisotopic (exact) mass is 281 g/mol. The zero-order chi connectivity index (χ0) is 14.1. The smallest absolute Gasteiger partial charge is 0.326 e. The standard InChI is InChI=1S/C14H23N3O3/c18-13(19)12-5-3-8-17(12)14(20)15-10-6-9-16-7-2-1-4-11(10)16/h10-12H,1-9H2,(H,15,20)(H,18,19). The molecule has 3 unspecified atom stereocenters. The summed E-state index contributed by atoms with van der Waals surface area (Å²) in [5.74, 6) is -0.886. The molecular formula is C14H23N3O3. The molecule has 0 aromatic carbocycles. The number of carbonyl (C=O) groups is 2. The molecule has 0 bridgehead atoms. The van der Waals surface area contributed by atoms with Crippen molar-refractivity contribution in [3.05, 3.63) is 0 Å². The molecule has 3 saturated heterocycles. The quantitative estimate of drug-likeness (QED) is 0.788. The van der Waals surface area contributed by atoms with Crippen molar-refractivity contribution < 1.29 is 14.7 Å². The number of carboxylic acid groups (broad SMARTS) is 1. The van der Waals surface area contributed by atoms with Crippen LogP contribution in [0, 0.1) is 0 Å². The summed E-state index contributed by atoms with van der Waals surface area (Å²) >= 11 is 0. The number of nitrogens with zero attached hydrogens (tertiary/aromatic N) is 2. The van der Waals surface area contributed by atoms with Crippen LogP contribution in [-0.4, -0.2) is 64.7 Å². The van der Waals surface area contributed by atoms with Crippen molar-refractivity contribution in [1.82, 2.24) is 15.1 Å². The molecule has 2 amide bonds. The van der Waals surface area contributed by atoms with Crippen molar-refractivity contribution in [2.45, 2.75) is 56.7 Å². The number of likely N-dealkylation sites (tertiary alicyclic amines) is 1. The van der Waals surface area contributed by atoms with E-state index in [-0.39, 0.29) is 12.1 Å². The molecule has 0 saturated carbocycles. The molecule has 0 spiro atoms. The zero-order valence-corrected chi connectivity index (χ0v) is 11.8. The fraction of sp³-hybridized carbons (Fsp3) is 0.857. The number of carbonyl (C=O) groups excluding carboxylic acids is 1. The molecule has 2 N–H and O–H groups in total. The maximum absolute atomic E-state index is 12.3. The van der Waals surface area contributed by atoms with Crippen LogP contribution in [-0.2, 0) is 4.79 Å². The van der Waals surface area contributed by atoms with Gasteiger partial charge in [-0.05, 0) is 38.6 Å². The topological polar surface area (TPSA) is 72.9 Å². The van der Waals surface area contributed by atoms with Crippen LogP contribution in [0.5, 0.6) is 0 Å². The highest BCUT2D eigenvalue weighted by Crippen LogP contribution is 2.27. The van der Waals surface area contributed by atoms with Crippen molar-refractivity contribution >= 4 is 12.0 Å². The first-order valence-electron chi connectivity index (χ1n) is 7.71. The predicted octanol–water partition coefficient (Wildman–Crippen LogP) is 0.872.